The van der Waals surface area contributed by atoms with Gasteiger partial charge in [-0.25, -0.2) is 0 Å². The summed E-state index contributed by atoms with van der Waals surface area (Å²) >= 11 is 0. The number of halogens is 3. The van der Waals surface area contributed by atoms with Crippen LogP contribution >= 0.6 is 0 Å². The minimum atomic E-state index is -4.31. The monoisotopic (exact) mass is 442 g/mol. The predicted molar refractivity (Wildman–Crippen MR) is 108 cm³/mol. The molecule has 170 valence electrons. The van der Waals surface area contributed by atoms with Gasteiger partial charge >= 0.3 is 17.3 Å². The zero-order valence-electron chi connectivity index (χ0n) is 17.2. The second-order valence-corrected chi connectivity index (χ2v) is 7.39. The Balaban J connectivity index is 1.56. The number of piperazine rings is 1. The molecule has 2 heterocycles. The van der Waals surface area contributed by atoms with Gasteiger partial charge in [-0.1, -0.05) is 0 Å². The van der Waals surface area contributed by atoms with Gasteiger partial charge in [0.2, 0.25) is 0 Å². The number of rotatable bonds is 7. The van der Waals surface area contributed by atoms with Crippen molar-refractivity contribution in [2.75, 3.05) is 45.9 Å². The Hall–Kier alpha value is -2.66. The van der Waals surface area contributed by atoms with Crippen molar-refractivity contribution < 1.29 is 22.7 Å². The smallest absolute Gasteiger partial charge is 0.372 e. The quantitative estimate of drug-likeness (QED) is 0.518. The fraction of sp³-hybridized carbons (Fsp3) is 0.550. The number of aromatic nitrogens is 2. The van der Waals surface area contributed by atoms with Crippen LogP contribution in [-0.4, -0.2) is 77.4 Å². The molecule has 1 saturated heterocycles. The molecule has 1 aliphatic heterocycles. The van der Waals surface area contributed by atoms with Crippen molar-refractivity contribution in [3.05, 3.63) is 44.5 Å². The molecule has 8 nitrogen and oxygen atoms in total. The lowest BCUT2D eigenvalue weighted by molar-refractivity contribution is -0.174. The second-order valence-electron chi connectivity index (χ2n) is 7.39. The first kappa shape index (κ1) is 23.0. The van der Waals surface area contributed by atoms with E-state index >= 15 is 0 Å². The van der Waals surface area contributed by atoms with Crippen molar-refractivity contribution in [2.24, 2.45) is 0 Å². The second kappa shape index (κ2) is 9.65. The van der Waals surface area contributed by atoms with Crippen LogP contribution in [0.4, 0.5) is 13.2 Å². The standard InChI is InChI=1S/C20H25F3N4O4/c1-2-27-16-5-4-14(12-15(16)24-17(28)19(27)30)18(29)26-9-7-25(8-10-26)6-3-11-31-13-20(21,22)23/h4-5,12H,2-3,6-11,13H2,1H3,(H,24,28). The summed E-state index contributed by atoms with van der Waals surface area (Å²) in [5.74, 6) is -0.176. The maximum Gasteiger partial charge on any atom is 0.411 e. The van der Waals surface area contributed by atoms with Gasteiger partial charge < -0.3 is 19.2 Å². The Morgan fingerprint density at radius 3 is 2.52 bits per heavy atom. The molecule has 1 aromatic heterocycles. The largest absolute Gasteiger partial charge is 0.411 e. The molecule has 31 heavy (non-hydrogen) atoms. The summed E-state index contributed by atoms with van der Waals surface area (Å²) in [5, 5.41) is 0. The highest BCUT2D eigenvalue weighted by atomic mass is 19.4. The molecule has 2 aromatic rings. The highest BCUT2D eigenvalue weighted by molar-refractivity contribution is 5.97. The molecule has 1 N–H and O–H groups in total. The molecule has 1 amide bonds. The van der Waals surface area contributed by atoms with Gasteiger partial charge in [0, 0.05) is 51.4 Å². The number of H-pyrrole nitrogens is 1. The maximum absolute atomic E-state index is 12.9. The minimum absolute atomic E-state index is 0.0385. The van der Waals surface area contributed by atoms with Crippen molar-refractivity contribution >= 4 is 16.9 Å². The fourth-order valence-electron chi connectivity index (χ4n) is 3.66. The number of carbonyl (C=O) groups is 1. The van der Waals surface area contributed by atoms with Crippen LogP contribution in [0.5, 0.6) is 0 Å². The first-order chi connectivity index (χ1) is 14.7. The van der Waals surface area contributed by atoms with Gasteiger partial charge in [0.25, 0.3) is 5.91 Å². The summed E-state index contributed by atoms with van der Waals surface area (Å²) in [6.45, 7) is 3.73. The molecule has 0 spiro atoms. The average molecular weight is 442 g/mol. The van der Waals surface area contributed by atoms with E-state index < -0.39 is 23.9 Å². The predicted octanol–water partition coefficient (Wildman–Crippen LogP) is 1.44. The number of ether oxygens (including phenoxy) is 1. The third-order valence-corrected chi connectivity index (χ3v) is 5.23. The van der Waals surface area contributed by atoms with Crippen LogP contribution in [0.3, 0.4) is 0 Å². The molecular weight excluding hydrogens is 417 g/mol. The van der Waals surface area contributed by atoms with E-state index in [4.69, 9.17) is 0 Å². The Labute approximate surface area is 176 Å². The number of aryl methyl sites for hydroxylation is 1. The van der Waals surface area contributed by atoms with E-state index in [1.165, 1.54) is 4.57 Å². The molecule has 11 heteroatoms. The van der Waals surface area contributed by atoms with Crippen LogP contribution in [0.2, 0.25) is 0 Å². The number of hydrogen-bond donors (Lipinski definition) is 1. The van der Waals surface area contributed by atoms with E-state index in [0.717, 1.165) is 0 Å². The number of amides is 1. The van der Waals surface area contributed by atoms with Gasteiger partial charge in [0.1, 0.15) is 6.61 Å². The van der Waals surface area contributed by atoms with Crippen molar-refractivity contribution in [1.82, 2.24) is 19.4 Å². The Bertz CT molecular complexity index is 1040. The van der Waals surface area contributed by atoms with E-state index in [2.05, 4.69) is 14.6 Å². The van der Waals surface area contributed by atoms with Gasteiger partial charge in [-0.3, -0.25) is 19.3 Å². The summed E-state index contributed by atoms with van der Waals surface area (Å²) in [7, 11) is 0. The summed E-state index contributed by atoms with van der Waals surface area (Å²) in [6.07, 6.45) is -3.82. The van der Waals surface area contributed by atoms with Gasteiger partial charge in [-0.2, -0.15) is 13.2 Å². The molecule has 0 bridgehead atoms. The number of nitrogens with one attached hydrogen (secondary N) is 1. The molecule has 0 saturated carbocycles. The Morgan fingerprint density at radius 2 is 1.87 bits per heavy atom. The number of carbonyl (C=O) groups excluding carboxylic acids is 1. The van der Waals surface area contributed by atoms with E-state index in [1.54, 1.807) is 30.0 Å². The minimum Gasteiger partial charge on any atom is -0.372 e. The number of alkyl halides is 3. The summed E-state index contributed by atoms with van der Waals surface area (Å²) in [4.78, 5) is 43.0. The van der Waals surface area contributed by atoms with Crippen molar-refractivity contribution in [1.29, 1.82) is 0 Å². The zero-order chi connectivity index (χ0) is 22.6. The van der Waals surface area contributed by atoms with E-state index in [1.807, 2.05) is 0 Å². The van der Waals surface area contributed by atoms with Crippen LogP contribution in [0.15, 0.2) is 27.8 Å². The highest BCUT2D eigenvalue weighted by Crippen LogP contribution is 2.16. The third-order valence-electron chi connectivity index (χ3n) is 5.23. The normalized spacial score (nSPS) is 15.5. The number of benzene rings is 1. The van der Waals surface area contributed by atoms with Crippen molar-refractivity contribution in [3.63, 3.8) is 0 Å². The Morgan fingerprint density at radius 1 is 1.16 bits per heavy atom. The first-order valence-corrected chi connectivity index (χ1v) is 10.1. The summed E-state index contributed by atoms with van der Waals surface area (Å²) in [5.41, 5.74) is 0.0373. The summed E-state index contributed by atoms with van der Waals surface area (Å²) in [6, 6.07) is 4.87. The van der Waals surface area contributed by atoms with Gasteiger partial charge in [-0.15, -0.1) is 0 Å². The molecule has 1 aliphatic rings. The molecule has 1 fully saturated rings. The third kappa shape index (κ3) is 5.73. The maximum atomic E-state index is 12.9. The lowest BCUT2D eigenvalue weighted by Crippen LogP contribution is -2.49. The van der Waals surface area contributed by atoms with E-state index in [-0.39, 0.29) is 12.5 Å². The molecule has 0 atom stereocenters. The highest BCUT2D eigenvalue weighted by Gasteiger charge is 2.27. The zero-order valence-corrected chi connectivity index (χ0v) is 17.2. The number of aromatic amines is 1. The van der Waals surface area contributed by atoms with Crippen LogP contribution in [0.1, 0.15) is 23.7 Å². The molecule has 1 aromatic carbocycles. The summed E-state index contributed by atoms with van der Waals surface area (Å²) < 4.78 is 42.1. The lowest BCUT2D eigenvalue weighted by Gasteiger charge is -2.34. The SMILES string of the molecule is CCn1c(=O)c(=O)[nH]c2cc(C(=O)N3CCN(CCCOCC(F)(F)F)CC3)ccc21. The van der Waals surface area contributed by atoms with Gasteiger partial charge in [-0.05, 0) is 31.5 Å². The lowest BCUT2D eigenvalue weighted by atomic mass is 10.1. The van der Waals surface area contributed by atoms with Crippen LogP contribution < -0.4 is 11.1 Å². The molecule has 0 unspecified atom stereocenters. The Kier molecular flexibility index (Phi) is 7.16. The number of nitrogens with zero attached hydrogens (tertiary/aromatic N) is 3. The average Bonchev–Trinajstić information content (AvgIpc) is 2.73. The topological polar surface area (TPSA) is 87.6 Å². The van der Waals surface area contributed by atoms with Crippen LogP contribution in [0, 0.1) is 0 Å². The first-order valence-electron chi connectivity index (χ1n) is 10.1. The van der Waals surface area contributed by atoms with Gasteiger partial charge in [0.15, 0.2) is 0 Å². The van der Waals surface area contributed by atoms with E-state index in [0.29, 0.717) is 62.3 Å². The fourth-order valence-corrected chi connectivity index (χ4v) is 3.66. The molecule has 0 radical (unpaired) electrons. The van der Waals surface area contributed by atoms with E-state index in [9.17, 15) is 27.6 Å². The van der Waals surface area contributed by atoms with Crippen LogP contribution in [0.25, 0.3) is 11.0 Å². The number of fused-ring (bicyclic) bond motifs is 1. The van der Waals surface area contributed by atoms with Crippen molar-refractivity contribution in [2.45, 2.75) is 26.1 Å². The van der Waals surface area contributed by atoms with Gasteiger partial charge in [0.05, 0.1) is 11.0 Å². The molecular formula is C20H25F3N4O4. The number of hydrogen-bond acceptors (Lipinski definition) is 5. The molecule has 0 aliphatic carbocycles. The van der Waals surface area contributed by atoms with Crippen LogP contribution in [-0.2, 0) is 11.3 Å². The van der Waals surface area contributed by atoms with Crippen molar-refractivity contribution in [3.8, 4) is 0 Å². The molecule has 3 rings (SSSR count).